The molecule has 132 valence electrons. The van der Waals surface area contributed by atoms with Gasteiger partial charge in [-0.1, -0.05) is 13.8 Å². The highest BCUT2D eigenvalue weighted by atomic mass is 15.3. The van der Waals surface area contributed by atoms with Crippen molar-refractivity contribution in [2.45, 2.75) is 33.7 Å². The maximum atomic E-state index is 6.20. The molecule has 2 N–H and O–H groups in total. The van der Waals surface area contributed by atoms with E-state index in [1.807, 2.05) is 23.7 Å². The van der Waals surface area contributed by atoms with Crippen LogP contribution in [0.3, 0.4) is 0 Å². The average molecular weight is 339 g/mol. The van der Waals surface area contributed by atoms with Crippen molar-refractivity contribution in [3.05, 3.63) is 30.2 Å². The number of rotatable bonds is 7. The molecule has 0 aliphatic heterocycles. The average Bonchev–Trinajstić information content (AvgIpc) is 2.96. The molecule has 0 aliphatic rings. The number of hydrogen-bond acceptors (Lipinski definition) is 6. The first-order valence-electron chi connectivity index (χ1n) is 8.77. The van der Waals surface area contributed by atoms with E-state index < -0.39 is 0 Å². The van der Waals surface area contributed by atoms with Crippen LogP contribution in [0, 0.1) is 6.92 Å². The number of hydrogen-bond donors (Lipinski definition) is 1. The molecule has 0 spiro atoms. The molecule has 3 heterocycles. The minimum absolute atomic E-state index is 0.476. The fourth-order valence-corrected chi connectivity index (χ4v) is 3.05. The Morgan fingerprint density at radius 1 is 1.12 bits per heavy atom. The van der Waals surface area contributed by atoms with E-state index in [1.54, 1.807) is 12.4 Å². The summed E-state index contributed by atoms with van der Waals surface area (Å²) in [5, 5.41) is 5.48. The summed E-state index contributed by atoms with van der Waals surface area (Å²) in [4.78, 5) is 15.6. The smallest absolute Gasteiger partial charge is 0.164 e. The van der Waals surface area contributed by atoms with Gasteiger partial charge in [-0.2, -0.15) is 5.10 Å². The van der Waals surface area contributed by atoms with E-state index in [0.29, 0.717) is 11.6 Å². The molecule has 0 aliphatic carbocycles. The quantitative estimate of drug-likeness (QED) is 0.712. The molecular formula is C18H25N7. The minimum atomic E-state index is 0.476. The van der Waals surface area contributed by atoms with E-state index in [-0.39, 0.29) is 0 Å². The van der Waals surface area contributed by atoms with Crippen molar-refractivity contribution in [1.82, 2.24) is 29.6 Å². The van der Waals surface area contributed by atoms with Gasteiger partial charge in [-0.3, -0.25) is 4.98 Å². The lowest BCUT2D eigenvalue weighted by Gasteiger charge is -2.17. The Morgan fingerprint density at radius 2 is 1.84 bits per heavy atom. The lowest BCUT2D eigenvalue weighted by molar-refractivity contribution is 0.291. The van der Waals surface area contributed by atoms with Crippen LogP contribution < -0.4 is 5.73 Å². The zero-order valence-electron chi connectivity index (χ0n) is 15.1. The van der Waals surface area contributed by atoms with Gasteiger partial charge in [0.25, 0.3) is 0 Å². The molecule has 3 aromatic heterocycles. The number of aromatic nitrogens is 5. The Morgan fingerprint density at radius 3 is 2.52 bits per heavy atom. The second-order valence-electron chi connectivity index (χ2n) is 6.06. The van der Waals surface area contributed by atoms with Gasteiger partial charge in [0, 0.05) is 24.5 Å². The van der Waals surface area contributed by atoms with Crippen molar-refractivity contribution in [3.63, 3.8) is 0 Å². The molecule has 25 heavy (non-hydrogen) atoms. The Labute approximate surface area is 147 Å². The van der Waals surface area contributed by atoms with Gasteiger partial charge in [0.15, 0.2) is 11.5 Å². The molecule has 7 nitrogen and oxygen atoms in total. The first kappa shape index (κ1) is 17.3. The van der Waals surface area contributed by atoms with Gasteiger partial charge < -0.3 is 10.6 Å². The van der Waals surface area contributed by atoms with Gasteiger partial charge in [0.1, 0.15) is 5.82 Å². The van der Waals surface area contributed by atoms with Crippen LogP contribution in [-0.2, 0) is 6.54 Å². The molecule has 0 aromatic carbocycles. The van der Waals surface area contributed by atoms with Gasteiger partial charge in [0.05, 0.1) is 11.1 Å². The molecule has 0 bridgehead atoms. The minimum Gasteiger partial charge on any atom is -0.383 e. The standard InChI is InChI=1S/C18H25N7/c1-4-24(5-2)11-6-12-25-18-15(13(3)23-25)16(19)21-17(22-18)14-7-9-20-10-8-14/h7-10H,4-6,11-12H2,1-3H3,(H2,19,21,22). The van der Waals surface area contributed by atoms with E-state index >= 15 is 0 Å². The Hall–Kier alpha value is -2.54. The van der Waals surface area contributed by atoms with E-state index in [2.05, 4.69) is 33.8 Å². The van der Waals surface area contributed by atoms with Crippen molar-refractivity contribution in [2.24, 2.45) is 0 Å². The van der Waals surface area contributed by atoms with Gasteiger partial charge in [-0.05, 0) is 45.1 Å². The van der Waals surface area contributed by atoms with Gasteiger partial charge in [-0.25, -0.2) is 14.6 Å². The Kier molecular flexibility index (Phi) is 5.23. The topological polar surface area (TPSA) is 85.8 Å². The lowest BCUT2D eigenvalue weighted by atomic mass is 10.2. The third-order valence-electron chi connectivity index (χ3n) is 4.47. The number of aryl methyl sites for hydroxylation is 2. The zero-order chi connectivity index (χ0) is 17.8. The van der Waals surface area contributed by atoms with Crippen LogP contribution >= 0.6 is 0 Å². The largest absolute Gasteiger partial charge is 0.383 e. The van der Waals surface area contributed by atoms with Crippen LogP contribution in [-0.4, -0.2) is 49.3 Å². The molecule has 0 atom stereocenters. The van der Waals surface area contributed by atoms with E-state index in [4.69, 9.17) is 10.7 Å². The summed E-state index contributed by atoms with van der Waals surface area (Å²) in [6.45, 7) is 10.3. The molecular weight excluding hydrogens is 314 g/mol. The van der Waals surface area contributed by atoms with Crippen LogP contribution in [0.15, 0.2) is 24.5 Å². The molecule has 0 amide bonds. The predicted molar refractivity (Wildman–Crippen MR) is 100 cm³/mol. The first-order chi connectivity index (χ1) is 12.1. The summed E-state index contributed by atoms with van der Waals surface area (Å²) < 4.78 is 1.96. The summed E-state index contributed by atoms with van der Waals surface area (Å²) in [6, 6.07) is 3.77. The summed E-state index contributed by atoms with van der Waals surface area (Å²) in [5.74, 6) is 1.08. The lowest BCUT2D eigenvalue weighted by Crippen LogP contribution is -2.25. The van der Waals surface area contributed by atoms with E-state index in [0.717, 1.165) is 54.9 Å². The van der Waals surface area contributed by atoms with Crippen LogP contribution in [0.4, 0.5) is 5.82 Å². The summed E-state index contributed by atoms with van der Waals surface area (Å²) in [5.41, 5.74) is 8.77. The molecule has 0 saturated carbocycles. The fraction of sp³-hybridized carbons (Fsp3) is 0.444. The van der Waals surface area contributed by atoms with Gasteiger partial charge in [0.2, 0.25) is 0 Å². The summed E-state index contributed by atoms with van der Waals surface area (Å²) in [7, 11) is 0. The van der Waals surface area contributed by atoms with E-state index in [1.165, 1.54) is 0 Å². The van der Waals surface area contributed by atoms with Crippen LogP contribution in [0.5, 0.6) is 0 Å². The van der Waals surface area contributed by atoms with Crippen LogP contribution in [0.25, 0.3) is 22.4 Å². The van der Waals surface area contributed by atoms with Crippen molar-refractivity contribution in [1.29, 1.82) is 0 Å². The third kappa shape index (κ3) is 3.61. The van der Waals surface area contributed by atoms with Crippen molar-refractivity contribution >= 4 is 16.9 Å². The van der Waals surface area contributed by atoms with Crippen LogP contribution in [0.1, 0.15) is 26.0 Å². The van der Waals surface area contributed by atoms with Gasteiger partial charge in [-0.15, -0.1) is 0 Å². The van der Waals surface area contributed by atoms with Crippen LogP contribution in [0.2, 0.25) is 0 Å². The maximum absolute atomic E-state index is 6.20. The summed E-state index contributed by atoms with van der Waals surface area (Å²) in [6.07, 6.45) is 4.48. The molecule has 3 rings (SSSR count). The second kappa shape index (κ2) is 7.57. The highest BCUT2D eigenvalue weighted by molar-refractivity contribution is 5.89. The molecule has 7 heteroatoms. The number of nitrogens with zero attached hydrogens (tertiary/aromatic N) is 6. The number of pyridine rings is 1. The van der Waals surface area contributed by atoms with Crippen molar-refractivity contribution in [2.75, 3.05) is 25.4 Å². The number of nitrogen functional groups attached to an aromatic ring is 1. The Balaban J connectivity index is 1.92. The van der Waals surface area contributed by atoms with E-state index in [9.17, 15) is 0 Å². The second-order valence-corrected chi connectivity index (χ2v) is 6.06. The molecule has 0 fully saturated rings. The Bertz CT molecular complexity index is 838. The van der Waals surface area contributed by atoms with Crippen molar-refractivity contribution < 1.29 is 0 Å². The fourth-order valence-electron chi connectivity index (χ4n) is 3.05. The highest BCUT2D eigenvalue weighted by Crippen LogP contribution is 2.25. The number of fused-ring (bicyclic) bond motifs is 1. The van der Waals surface area contributed by atoms with Crippen molar-refractivity contribution in [3.8, 4) is 11.4 Å². The normalized spacial score (nSPS) is 11.5. The number of anilines is 1. The highest BCUT2D eigenvalue weighted by Gasteiger charge is 2.15. The number of nitrogens with two attached hydrogens (primary N) is 1. The SMILES string of the molecule is CCN(CC)CCCn1nc(C)c2c(N)nc(-c3ccncc3)nc21. The predicted octanol–water partition coefficient (Wildman–Crippen LogP) is 2.51. The maximum Gasteiger partial charge on any atom is 0.164 e. The molecule has 0 unspecified atom stereocenters. The molecule has 0 saturated heterocycles. The summed E-state index contributed by atoms with van der Waals surface area (Å²) >= 11 is 0. The first-order valence-corrected chi connectivity index (χ1v) is 8.77. The third-order valence-corrected chi connectivity index (χ3v) is 4.47. The van der Waals surface area contributed by atoms with Gasteiger partial charge >= 0.3 is 0 Å². The monoisotopic (exact) mass is 339 g/mol. The zero-order valence-corrected chi connectivity index (χ0v) is 15.1. The molecule has 0 radical (unpaired) electrons. The molecule has 3 aromatic rings.